The summed E-state index contributed by atoms with van der Waals surface area (Å²) >= 11 is 0. The molecule has 100 valence electrons. The number of likely N-dealkylation sites (N-methyl/N-ethyl adjacent to an activating group) is 1. The third-order valence-electron chi connectivity index (χ3n) is 3.11. The van der Waals surface area contributed by atoms with Crippen molar-refractivity contribution in [2.75, 3.05) is 26.3 Å². The van der Waals surface area contributed by atoms with Crippen LogP contribution in [0.2, 0.25) is 0 Å². The summed E-state index contributed by atoms with van der Waals surface area (Å²) in [6, 6.07) is 0.142. The largest absolute Gasteiger partial charge is 0.379 e. The Morgan fingerprint density at radius 3 is 3.17 bits per heavy atom. The maximum atomic E-state index is 12.0. The number of rotatable bonds is 6. The van der Waals surface area contributed by atoms with Crippen LogP contribution >= 0.6 is 0 Å². The minimum atomic E-state index is -0.0762. The van der Waals surface area contributed by atoms with Crippen LogP contribution < -0.4 is 10.6 Å². The number of ether oxygens (including phenoxy) is 1. The molecule has 18 heavy (non-hydrogen) atoms. The summed E-state index contributed by atoms with van der Waals surface area (Å²) < 4.78 is 7.29. The van der Waals surface area contributed by atoms with Crippen molar-refractivity contribution < 1.29 is 9.53 Å². The van der Waals surface area contributed by atoms with Gasteiger partial charge in [-0.2, -0.15) is 0 Å². The Labute approximate surface area is 107 Å². The van der Waals surface area contributed by atoms with Crippen molar-refractivity contribution in [3.63, 3.8) is 0 Å². The van der Waals surface area contributed by atoms with Gasteiger partial charge in [-0.3, -0.25) is 4.79 Å². The van der Waals surface area contributed by atoms with Crippen LogP contribution in [0.1, 0.15) is 6.92 Å². The van der Waals surface area contributed by atoms with Gasteiger partial charge in [-0.15, -0.1) is 0 Å². The Morgan fingerprint density at radius 2 is 2.44 bits per heavy atom. The standard InChI is InChI=1S/C12H20N4O2/c1-2-14-11-8-18-7-10(11)12(17)15-4-6-16-5-3-13-9-16/h3,5,9-11,14H,2,4,6-8H2,1H3,(H,15,17). The fraction of sp³-hybridized carbons (Fsp3) is 0.667. The van der Waals surface area contributed by atoms with Crippen molar-refractivity contribution >= 4 is 5.91 Å². The molecule has 1 aliphatic rings. The molecule has 1 saturated heterocycles. The molecule has 1 aromatic heterocycles. The van der Waals surface area contributed by atoms with Gasteiger partial charge in [0.05, 0.1) is 25.5 Å². The van der Waals surface area contributed by atoms with Crippen LogP contribution in [0.4, 0.5) is 0 Å². The Hall–Kier alpha value is -1.40. The van der Waals surface area contributed by atoms with E-state index in [2.05, 4.69) is 15.6 Å². The van der Waals surface area contributed by atoms with E-state index in [0.717, 1.165) is 13.1 Å². The van der Waals surface area contributed by atoms with Gasteiger partial charge in [-0.1, -0.05) is 6.92 Å². The van der Waals surface area contributed by atoms with Gasteiger partial charge < -0.3 is 19.9 Å². The minimum absolute atomic E-state index is 0.0681. The molecule has 2 rings (SSSR count). The summed E-state index contributed by atoms with van der Waals surface area (Å²) in [4.78, 5) is 16.0. The first kappa shape index (κ1) is 13.0. The smallest absolute Gasteiger partial charge is 0.227 e. The van der Waals surface area contributed by atoms with E-state index in [0.29, 0.717) is 19.8 Å². The molecule has 1 amide bonds. The van der Waals surface area contributed by atoms with Gasteiger partial charge in [0, 0.05) is 31.5 Å². The van der Waals surface area contributed by atoms with Crippen LogP contribution in [-0.2, 0) is 16.1 Å². The second-order valence-corrected chi connectivity index (χ2v) is 4.40. The van der Waals surface area contributed by atoms with Crippen molar-refractivity contribution in [2.24, 2.45) is 5.92 Å². The van der Waals surface area contributed by atoms with Crippen LogP contribution in [0.3, 0.4) is 0 Å². The zero-order valence-corrected chi connectivity index (χ0v) is 10.6. The topological polar surface area (TPSA) is 68.2 Å². The van der Waals surface area contributed by atoms with Crippen LogP contribution in [0.5, 0.6) is 0 Å². The highest BCUT2D eigenvalue weighted by molar-refractivity contribution is 5.79. The van der Waals surface area contributed by atoms with Crippen LogP contribution in [-0.4, -0.2) is 47.8 Å². The molecule has 0 aliphatic carbocycles. The lowest BCUT2D eigenvalue weighted by molar-refractivity contribution is -0.125. The summed E-state index contributed by atoms with van der Waals surface area (Å²) in [5.41, 5.74) is 0. The number of carbonyl (C=O) groups is 1. The van der Waals surface area contributed by atoms with Crippen molar-refractivity contribution in [1.29, 1.82) is 0 Å². The first-order valence-corrected chi connectivity index (χ1v) is 6.36. The molecule has 0 spiro atoms. The van der Waals surface area contributed by atoms with Gasteiger partial charge in [-0.05, 0) is 6.54 Å². The summed E-state index contributed by atoms with van der Waals surface area (Å²) in [5, 5.41) is 6.22. The van der Waals surface area contributed by atoms with E-state index in [1.54, 1.807) is 12.5 Å². The zero-order chi connectivity index (χ0) is 12.8. The van der Waals surface area contributed by atoms with E-state index in [1.807, 2.05) is 17.7 Å². The van der Waals surface area contributed by atoms with Gasteiger partial charge in [0.2, 0.25) is 5.91 Å². The number of imidazole rings is 1. The molecule has 1 fully saturated rings. The number of nitrogens with zero attached hydrogens (tertiary/aromatic N) is 2. The van der Waals surface area contributed by atoms with Gasteiger partial charge in [0.25, 0.3) is 0 Å². The second kappa shape index (κ2) is 6.51. The fourth-order valence-electron chi connectivity index (χ4n) is 2.13. The molecule has 2 unspecified atom stereocenters. The van der Waals surface area contributed by atoms with E-state index in [-0.39, 0.29) is 17.9 Å². The average Bonchev–Trinajstić information content (AvgIpc) is 3.00. The lowest BCUT2D eigenvalue weighted by Gasteiger charge is -2.17. The summed E-state index contributed by atoms with van der Waals surface area (Å²) in [6.07, 6.45) is 5.35. The molecule has 2 atom stereocenters. The minimum Gasteiger partial charge on any atom is -0.379 e. The van der Waals surface area contributed by atoms with E-state index >= 15 is 0 Å². The Kier molecular flexibility index (Phi) is 4.72. The summed E-state index contributed by atoms with van der Waals surface area (Å²) in [7, 11) is 0. The van der Waals surface area contributed by atoms with Crippen molar-refractivity contribution in [1.82, 2.24) is 20.2 Å². The molecular weight excluding hydrogens is 232 g/mol. The van der Waals surface area contributed by atoms with Gasteiger partial charge in [0.15, 0.2) is 0 Å². The van der Waals surface area contributed by atoms with E-state index in [4.69, 9.17) is 4.74 Å². The number of hydrogen-bond acceptors (Lipinski definition) is 4. The molecule has 1 aliphatic heterocycles. The molecule has 2 N–H and O–H groups in total. The molecule has 0 aromatic carbocycles. The summed E-state index contributed by atoms with van der Waals surface area (Å²) in [6.45, 7) is 5.37. The fourth-order valence-corrected chi connectivity index (χ4v) is 2.13. The molecule has 6 nitrogen and oxygen atoms in total. The number of aromatic nitrogens is 2. The molecule has 0 bridgehead atoms. The zero-order valence-electron chi connectivity index (χ0n) is 10.6. The Bertz CT molecular complexity index is 366. The SMILES string of the molecule is CCNC1COCC1C(=O)NCCn1ccnc1. The first-order chi connectivity index (χ1) is 8.81. The predicted octanol–water partition coefficient (Wildman–Crippen LogP) is -0.376. The van der Waals surface area contributed by atoms with E-state index in [1.165, 1.54) is 0 Å². The van der Waals surface area contributed by atoms with E-state index < -0.39 is 0 Å². The van der Waals surface area contributed by atoms with Gasteiger partial charge in [-0.25, -0.2) is 4.98 Å². The maximum Gasteiger partial charge on any atom is 0.227 e. The van der Waals surface area contributed by atoms with Crippen molar-refractivity contribution in [3.05, 3.63) is 18.7 Å². The molecule has 0 saturated carbocycles. The lowest BCUT2D eigenvalue weighted by Crippen LogP contribution is -2.44. The highest BCUT2D eigenvalue weighted by Gasteiger charge is 2.33. The van der Waals surface area contributed by atoms with Gasteiger partial charge in [0.1, 0.15) is 0 Å². The summed E-state index contributed by atoms with van der Waals surface area (Å²) in [5.74, 6) is -0.00805. The predicted molar refractivity (Wildman–Crippen MR) is 67.0 cm³/mol. The van der Waals surface area contributed by atoms with Crippen molar-refractivity contribution in [2.45, 2.75) is 19.5 Å². The quantitative estimate of drug-likeness (QED) is 0.724. The molecule has 0 radical (unpaired) electrons. The third-order valence-corrected chi connectivity index (χ3v) is 3.11. The first-order valence-electron chi connectivity index (χ1n) is 6.36. The number of amides is 1. The lowest BCUT2D eigenvalue weighted by atomic mass is 10.0. The maximum absolute atomic E-state index is 12.0. The van der Waals surface area contributed by atoms with Crippen molar-refractivity contribution in [3.8, 4) is 0 Å². The van der Waals surface area contributed by atoms with Gasteiger partial charge >= 0.3 is 0 Å². The van der Waals surface area contributed by atoms with Crippen LogP contribution in [0.25, 0.3) is 0 Å². The van der Waals surface area contributed by atoms with E-state index in [9.17, 15) is 4.79 Å². The number of nitrogens with one attached hydrogen (secondary N) is 2. The van der Waals surface area contributed by atoms with Crippen LogP contribution in [0.15, 0.2) is 18.7 Å². The Balaban J connectivity index is 1.73. The highest BCUT2D eigenvalue weighted by atomic mass is 16.5. The molecule has 2 heterocycles. The number of hydrogen-bond donors (Lipinski definition) is 2. The molecular formula is C12H20N4O2. The number of carbonyl (C=O) groups excluding carboxylic acids is 1. The molecule has 1 aromatic rings. The highest BCUT2D eigenvalue weighted by Crippen LogP contribution is 2.13. The van der Waals surface area contributed by atoms with Crippen LogP contribution in [0, 0.1) is 5.92 Å². The normalized spacial score (nSPS) is 23.2. The second-order valence-electron chi connectivity index (χ2n) is 4.40. The average molecular weight is 252 g/mol. The third kappa shape index (κ3) is 3.30. The monoisotopic (exact) mass is 252 g/mol. The molecule has 6 heteroatoms. The Morgan fingerprint density at radius 1 is 1.56 bits per heavy atom.